The molecule has 1 saturated carbocycles. The van der Waals surface area contributed by atoms with Gasteiger partial charge in [-0.15, -0.1) is 11.3 Å². The van der Waals surface area contributed by atoms with Crippen molar-refractivity contribution in [2.45, 2.75) is 44.4 Å². The maximum atomic E-state index is 12.7. The van der Waals surface area contributed by atoms with E-state index in [1.807, 2.05) is 0 Å². The highest BCUT2D eigenvalue weighted by molar-refractivity contribution is 7.18. The summed E-state index contributed by atoms with van der Waals surface area (Å²) in [7, 11) is 0. The van der Waals surface area contributed by atoms with Crippen LogP contribution in [0.3, 0.4) is 0 Å². The number of hydrogen-bond acceptors (Lipinski definition) is 6. The SMILES string of the molecule is OC1CCC(CN2CCN(c3ncnc4sc(CC(F)(F)F)cc34)CC2)CC1. The fourth-order valence-electron chi connectivity index (χ4n) is 4.26. The number of thiophene rings is 1. The number of aromatic nitrogens is 2. The molecule has 1 aliphatic carbocycles. The predicted molar refractivity (Wildman–Crippen MR) is 104 cm³/mol. The molecule has 1 saturated heterocycles. The summed E-state index contributed by atoms with van der Waals surface area (Å²) in [6.07, 6.45) is 0.179. The van der Waals surface area contributed by atoms with Crippen LogP contribution in [0.4, 0.5) is 19.0 Å². The van der Waals surface area contributed by atoms with Gasteiger partial charge in [0.2, 0.25) is 0 Å². The van der Waals surface area contributed by atoms with E-state index in [0.29, 0.717) is 10.7 Å². The lowest BCUT2D eigenvalue weighted by molar-refractivity contribution is -0.126. The molecule has 2 fully saturated rings. The van der Waals surface area contributed by atoms with Crippen molar-refractivity contribution in [3.63, 3.8) is 0 Å². The normalized spacial score (nSPS) is 24.8. The van der Waals surface area contributed by atoms with Crippen LogP contribution in [0.2, 0.25) is 0 Å². The first kappa shape index (κ1) is 19.8. The van der Waals surface area contributed by atoms with E-state index in [9.17, 15) is 18.3 Å². The van der Waals surface area contributed by atoms with Crippen molar-refractivity contribution in [1.29, 1.82) is 0 Å². The summed E-state index contributed by atoms with van der Waals surface area (Å²) in [5.41, 5.74) is 0. The molecule has 154 valence electrons. The van der Waals surface area contributed by atoms with Gasteiger partial charge in [0.05, 0.1) is 17.9 Å². The molecular formula is C19H25F3N4OS. The molecule has 1 N–H and O–H groups in total. The molecule has 0 aromatic carbocycles. The van der Waals surface area contributed by atoms with Crippen LogP contribution in [-0.2, 0) is 6.42 Å². The van der Waals surface area contributed by atoms with Crippen molar-refractivity contribution in [2.24, 2.45) is 5.92 Å². The van der Waals surface area contributed by atoms with E-state index in [0.717, 1.165) is 80.9 Å². The van der Waals surface area contributed by atoms with E-state index >= 15 is 0 Å². The lowest BCUT2D eigenvalue weighted by Crippen LogP contribution is -2.48. The molecular weight excluding hydrogens is 389 g/mol. The highest BCUT2D eigenvalue weighted by Gasteiger charge is 2.30. The summed E-state index contributed by atoms with van der Waals surface area (Å²) >= 11 is 1.10. The number of rotatable bonds is 4. The van der Waals surface area contributed by atoms with Crippen LogP contribution in [-0.4, -0.2) is 65.0 Å². The summed E-state index contributed by atoms with van der Waals surface area (Å²) in [6, 6.07) is 1.60. The molecule has 0 spiro atoms. The van der Waals surface area contributed by atoms with E-state index in [4.69, 9.17) is 0 Å². The molecule has 28 heavy (non-hydrogen) atoms. The molecule has 2 aromatic rings. The molecule has 2 aliphatic rings. The van der Waals surface area contributed by atoms with E-state index in [1.165, 1.54) is 6.33 Å². The highest BCUT2D eigenvalue weighted by Crippen LogP contribution is 2.34. The zero-order chi connectivity index (χ0) is 19.7. The number of aliphatic hydroxyl groups is 1. The van der Waals surface area contributed by atoms with Gasteiger partial charge in [-0.2, -0.15) is 13.2 Å². The molecule has 0 unspecified atom stereocenters. The number of nitrogens with zero attached hydrogens (tertiary/aromatic N) is 4. The number of hydrogen-bond donors (Lipinski definition) is 1. The monoisotopic (exact) mass is 414 g/mol. The Morgan fingerprint density at radius 3 is 2.46 bits per heavy atom. The summed E-state index contributed by atoms with van der Waals surface area (Å²) in [5, 5.41) is 10.4. The average Bonchev–Trinajstić information content (AvgIpc) is 3.05. The van der Waals surface area contributed by atoms with E-state index in [1.54, 1.807) is 6.07 Å². The van der Waals surface area contributed by atoms with E-state index in [-0.39, 0.29) is 11.0 Å². The molecule has 0 amide bonds. The van der Waals surface area contributed by atoms with Gasteiger partial charge in [0.1, 0.15) is 17.0 Å². The van der Waals surface area contributed by atoms with Crippen LogP contribution in [0.15, 0.2) is 12.4 Å². The molecule has 3 heterocycles. The van der Waals surface area contributed by atoms with Gasteiger partial charge in [0.25, 0.3) is 0 Å². The summed E-state index contributed by atoms with van der Waals surface area (Å²) in [6.45, 7) is 4.53. The Kier molecular flexibility index (Phi) is 5.76. The highest BCUT2D eigenvalue weighted by atomic mass is 32.1. The average molecular weight is 414 g/mol. The minimum absolute atomic E-state index is 0.124. The van der Waals surface area contributed by atoms with E-state index in [2.05, 4.69) is 19.8 Å². The Morgan fingerprint density at radius 1 is 1.07 bits per heavy atom. The van der Waals surface area contributed by atoms with Crippen molar-refractivity contribution in [1.82, 2.24) is 14.9 Å². The maximum Gasteiger partial charge on any atom is 0.393 e. The Labute approximate surface area is 166 Å². The van der Waals surface area contributed by atoms with Crippen molar-refractivity contribution >= 4 is 27.4 Å². The molecule has 1 aliphatic heterocycles. The number of anilines is 1. The smallest absolute Gasteiger partial charge is 0.393 e. The van der Waals surface area contributed by atoms with Crippen molar-refractivity contribution in [3.05, 3.63) is 17.3 Å². The van der Waals surface area contributed by atoms with Gasteiger partial charge in [0, 0.05) is 37.6 Å². The lowest BCUT2D eigenvalue weighted by atomic mass is 9.87. The first-order chi connectivity index (χ1) is 13.4. The molecule has 2 aromatic heterocycles. The third-order valence-electron chi connectivity index (χ3n) is 5.74. The van der Waals surface area contributed by atoms with Gasteiger partial charge in [0.15, 0.2) is 0 Å². The second-order valence-corrected chi connectivity index (χ2v) is 9.00. The Morgan fingerprint density at radius 2 is 1.79 bits per heavy atom. The van der Waals surface area contributed by atoms with Crippen molar-refractivity contribution in [2.75, 3.05) is 37.6 Å². The van der Waals surface area contributed by atoms with Crippen LogP contribution in [0.1, 0.15) is 30.6 Å². The fraction of sp³-hybridized carbons (Fsp3) is 0.684. The van der Waals surface area contributed by atoms with Crippen LogP contribution < -0.4 is 4.90 Å². The third-order valence-corrected chi connectivity index (χ3v) is 6.78. The number of fused-ring (bicyclic) bond motifs is 1. The summed E-state index contributed by atoms with van der Waals surface area (Å²) in [4.78, 5) is 14.1. The van der Waals surface area contributed by atoms with E-state index < -0.39 is 12.6 Å². The molecule has 0 radical (unpaired) electrons. The van der Waals surface area contributed by atoms with Gasteiger partial charge < -0.3 is 10.0 Å². The number of piperazine rings is 1. The molecule has 0 bridgehead atoms. The first-order valence-corrected chi connectivity index (χ1v) is 10.6. The Hall–Kier alpha value is -1.45. The summed E-state index contributed by atoms with van der Waals surface area (Å²) < 4.78 is 38.2. The van der Waals surface area contributed by atoms with Crippen LogP contribution in [0, 0.1) is 5.92 Å². The van der Waals surface area contributed by atoms with Crippen LogP contribution >= 0.6 is 11.3 Å². The Bertz CT molecular complexity index is 796. The summed E-state index contributed by atoms with van der Waals surface area (Å²) in [5.74, 6) is 1.40. The predicted octanol–water partition coefficient (Wildman–Crippen LogP) is 3.47. The van der Waals surface area contributed by atoms with Gasteiger partial charge in [-0.1, -0.05) is 0 Å². The van der Waals surface area contributed by atoms with Crippen LogP contribution in [0.25, 0.3) is 10.2 Å². The van der Waals surface area contributed by atoms with Gasteiger partial charge in [-0.05, 0) is 37.7 Å². The number of halogens is 3. The Balaban J connectivity index is 1.39. The molecule has 0 atom stereocenters. The van der Waals surface area contributed by atoms with Gasteiger partial charge in [-0.3, -0.25) is 4.90 Å². The number of aliphatic hydroxyl groups excluding tert-OH is 1. The maximum absolute atomic E-state index is 12.7. The quantitative estimate of drug-likeness (QED) is 0.830. The lowest BCUT2D eigenvalue weighted by Gasteiger charge is -2.38. The fourth-order valence-corrected chi connectivity index (χ4v) is 5.29. The third kappa shape index (κ3) is 4.75. The second-order valence-electron chi connectivity index (χ2n) is 7.88. The molecule has 4 rings (SSSR count). The molecule has 5 nitrogen and oxygen atoms in total. The van der Waals surface area contributed by atoms with Crippen molar-refractivity contribution < 1.29 is 18.3 Å². The molecule has 9 heteroatoms. The first-order valence-electron chi connectivity index (χ1n) is 9.83. The second kappa shape index (κ2) is 8.12. The number of alkyl halides is 3. The zero-order valence-electron chi connectivity index (χ0n) is 15.7. The van der Waals surface area contributed by atoms with Crippen LogP contribution in [0.5, 0.6) is 0 Å². The van der Waals surface area contributed by atoms with Gasteiger partial charge in [-0.25, -0.2) is 9.97 Å². The standard InChI is InChI=1S/C19H25F3N4OS/c20-19(21,22)10-15-9-16-17(23-12-24-18(16)28-15)26-7-5-25(6-8-26)11-13-1-3-14(27)4-2-13/h9,12-14,27H,1-8,10-11H2. The zero-order valence-corrected chi connectivity index (χ0v) is 16.5. The largest absolute Gasteiger partial charge is 0.393 e. The topological polar surface area (TPSA) is 52.5 Å². The minimum Gasteiger partial charge on any atom is -0.393 e. The van der Waals surface area contributed by atoms with Gasteiger partial charge >= 0.3 is 6.18 Å². The minimum atomic E-state index is -4.21. The van der Waals surface area contributed by atoms with Crippen molar-refractivity contribution in [3.8, 4) is 0 Å².